The van der Waals surface area contributed by atoms with Crippen LogP contribution < -0.4 is 0 Å². The van der Waals surface area contributed by atoms with Crippen molar-refractivity contribution in [2.75, 3.05) is 33.2 Å². The fourth-order valence-corrected chi connectivity index (χ4v) is 3.24. The Balaban J connectivity index is 1.79. The molecule has 2 heterocycles. The molecule has 90 valence electrons. The van der Waals surface area contributed by atoms with E-state index in [4.69, 9.17) is 4.99 Å². The van der Waals surface area contributed by atoms with E-state index < -0.39 is 0 Å². The van der Waals surface area contributed by atoms with Crippen molar-refractivity contribution in [2.45, 2.75) is 5.75 Å². The predicted molar refractivity (Wildman–Crippen MR) is 73.9 cm³/mol. The first-order valence-corrected chi connectivity index (χ1v) is 7.04. The number of rotatable bonds is 0. The van der Waals surface area contributed by atoms with E-state index in [0.29, 0.717) is 0 Å². The SMILES string of the molecule is CN1CCN(C2=Nc3ccccc3CS2)CC1. The van der Waals surface area contributed by atoms with Crippen molar-refractivity contribution < 1.29 is 0 Å². The van der Waals surface area contributed by atoms with Crippen LogP contribution in [0.15, 0.2) is 29.3 Å². The van der Waals surface area contributed by atoms with Crippen LogP contribution in [-0.2, 0) is 5.75 Å². The molecule has 0 aliphatic carbocycles. The van der Waals surface area contributed by atoms with Crippen molar-refractivity contribution in [3.63, 3.8) is 0 Å². The van der Waals surface area contributed by atoms with Crippen LogP contribution in [0.5, 0.6) is 0 Å². The van der Waals surface area contributed by atoms with E-state index >= 15 is 0 Å². The maximum atomic E-state index is 4.78. The Hall–Kier alpha value is -1.00. The van der Waals surface area contributed by atoms with Crippen molar-refractivity contribution in [2.24, 2.45) is 4.99 Å². The highest BCUT2D eigenvalue weighted by Gasteiger charge is 2.21. The van der Waals surface area contributed by atoms with E-state index in [-0.39, 0.29) is 0 Å². The van der Waals surface area contributed by atoms with E-state index in [2.05, 4.69) is 41.1 Å². The molecule has 4 heteroatoms. The molecule has 0 atom stereocenters. The molecular weight excluding hydrogens is 230 g/mol. The summed E-state index contributed by atoms with van der Waals surface area (Å²) in [5.74, 6) is 1.06. The van der Waals surface area contributed by atoms with Gasteiger partial charge in [0.15, 0.2) is 5.17 Å². The second-order valence-electron chi connectivity index (χ2n) is 4.60. The topological polar surface area (TPSA) is 18.8 Å². The minimum Gasteiger partial charge on any atom is -0.349 e. The standard InChI is InChI=1S/C13H17N3S/c1-15-6-8-16(9-7-15)13-14-12-5-3-2-4-11(12)10-17-13/h2-5H,6-10H2,1H3. The quantitative estimate of drug-likeness (QED) is 0.700. The smallest absolute Gasteiger partial charge is 0.164 e. The molecule has 0 saturated carbocycles. The Kier molecular flexibility index (Phi) is 3.07. The van der Waals surface area contributed by atoms with Gasteiger partial charge in [-0.25, -0.2) is 4.99 Å². The summed E-state index contributed by atoms with van der Waals surface area (Å²) in [6.45, 7) is 4.48. The van der Waals surface area contributed by atoms with Crippen LogP contribution in [0.1, 0.15) is 5.56 Å². The first kappa shape index (κ1) is 11.1. The third kappa shape index (κ3) is 2.33. The molecule has 0 bridgehead atoms. The maximum absolute atomic E-state index is 4.78. The lowest BCUT2D eigenvalue weighted by molar-refractivity contribution is 0.218. The Morgan fingerprint density at radius 1 is 1.12 bits per heavy atom. The van der Waals surface area contributed by atoms with Gasteiger partial charge in [-0.1, -0.05) is 30.0 Å². The summed E-state index contributed by atoms with van der Waals surface area (Å²) in [7, 11) is 2.18. The fourth-order valence-electron chi connectivity index (χ4n) is 2.18. The van der Waals surface area contributed by atoms with Crippen molar-refractivity contribution >= 4 is 22.6 Å². The van der Waals surface area contributed by atoms with Crippen LogP contribution in [0, 0.1) is 0 Å². The van der Waals surface area contributed by atoms with Gasteiger partial charge in [0.05, 0.1) is 5.69 Å². The van der Waals surface area contributed by atoms with Gasteiger partial charge in [0.25, 0.3) is 0 Å². The monoisotopic (exact) mass is 247 g/mol. The second kappa shape index (κ2) is 4.70. The van der Waals surface area contributed by atoms with Crippen molar-refractivity contribution in [3.8, 4) is 0 Å². The molecular formula is C13H17N3S. The molecule has 3 nitrogen and oxygen atoms in total. The van der Waals surface area contributed by atoms with Crippen LogP contribution in [0.4, 0.5) is 5.69 Å². The molecule has 0 aromatic heterocycles. The molecule has 0 spiro atoms. The average Bonchev–Trinajstić information content (AvgIpc) is 2.39. The molecule has 0 radical (unpaired) electrons. The second-order valence-corrected chi connectivity index (χ2v) is 5.54. The third-order valence-electron chi connectivity index (χ3n) is 3.34. The zero-order chi connectivity index (χ0) is 11.7. The number of benzene rings is 1. The predicted octanol–water partition coefficient (Wildman–Crippen LogP) is 2.17. The highest BCUT2D eigenvalue weighted by atomic mass is 32.2. The third-order valence-corrected chi connectivity index (χ3v) is 4.40. The van der Waals surface area contributed by atoms with Gasteiger partial charge >= 0.3 is 0 Å². The molecule has 3 rings (SSSR count). The van der Waals surface area contributed by atoms with Crippen LogP contribution in [0.25, 0.3) is 0 Å². The van der Waals surface area contributed by atoms with Gasteiger partial charge in [0.1, 0.15) is 0 Å². The van der Waals surface area contributed by atoms with Gasteiger partial charge in [-0.15, -0.1) is 0 Å². The van der Waals surface area contributed by atoms with Gasteiger partial charge < -0.3 is 9.80 Å². The van der Waals surface area contributed by atoms with E-state index in [1.165, 1.54) is 10.7 Å². The van der Waals surface area contributed by atoms with Crippen molar-refractivity contribution in [1.29, 1.82) is 0 Å². The van der Waals surface area contributed by atoms with Crippen molar-refractivity contribution in [3.05, 3.63) is 29.8 Å². The Morgan fingerprint density at radius 3 is 2.71 bits per heavy atom. The number of amidine groups is 1. The Labute approximate surface area is 107 Å². The zero-order valence-corrected chi connectivity index (χ0v) is 10.9. The van der Waals surface area contributed by atoms with Gasteiger partial charge in [0.2, 0.25) is 0 Å². The Bertz CT molecular complexity index is 436. The van der Waals surface area contributed by atoms with Crippen molar-refractivity contribution in [1.82, 2.24) is 9.80 Å². The first-order valence-electron chi connectivity index (χ1n) is 6.06. The molecule has 2 aliphatic rings. The van der Waals surface area contributed by atoms with E-state index in [1.54, 1.807) is 0 Å². The molecule has 2 aliphatic heterocycles. The molecule has 1 aromatic rings. The number of para-hydroxylation sites is 1. The number of thioether (sulfide) groups is 1. The van der Waals surface area contributed by atoms with Crippen LogP contribution >= 0.6 is 11.8 Å². The number of hydrogen-bond acceptors (Lipinski definition) is 4. The first-order chi connectivity index (χ1) is 8.33. The maximum Gasteiger partial charge on any atom is 0.164 e. The number of piperazine rings is 1. The molecule has 0 unspecified atom stereocenters. The minimum absolute atomic E-state index is 1.06. The summed E-state index contributed by atoms with van der Waals surface area (Å²) in [4.78, 5) is 9.57. The van der Waals surface area contributed by atoms with E-state index in [1.807, 2.05) is 11.8 Å². The van der Waals surface area contributed by atoms with E-state index in [0.717, 1.165) is 37.6 Å². The summed E-state index contributed by atoms with van der Waals surface area (Å²) in [5.41, 5.74) is 2.51. The molecule has 1 saturated heterocycles. The normalized spacial score (nSPS) is 21.0. The number of likely N-dealkylation sites (N-methyl/N-ethyl adjacent to an activating group) is 1. The highest BCUT2D eigenvalue weighted by molar-refractivity contribution is 8.13. The summed E-state index contributed by atoms with van der Waals surface area (Å²) in [6.07, 6.45) is 0. The number of fused-ring (bicyclic) bond motifs is 1. The van der Waals surface area contributed by atoms with Crippen LogP contribution in [0.3, 0.4) is 0 Å². The summed E-state index contributed by atoms with van der Waals surface area (Å²) < 4.78 is 0. The molecule has 1 fully saturated rings. The number of aliphatic imine (C=N–C) groups is 1. The van der Waals surface area contributed by atoms with Gasteiger partial charge in [0, 0.05) is 31.9 Å². The molecule has 0 N–H and O–H groups in total. The van der Waals surface area contributed by atoms with Gasteiger partial charge in [-0.05, 0) is 18.7 Å². The lowest BCUT2D eigenvalue weighted by atomic mass is 10.2. The average molecular weight is 247 g/mol. The number of hydrogen-bond donors (Lipinski definition) is 0. The lowest BCUT2D eigenvalue weighted by Gasteiger charge is -2.35. The zero-order valence-electron chi connectivity index (χ0n) is 10.1. The molecule has 17 heavy (non-hydrogen) atoms. The summed E-state index contributed by atoms with van der Waals surface area (Å²) in [5, 5.41) is 1.21. The van der Waals surface area contributed by atoms with Crippen LogP contribution in [-0.4, -0.2) is 48.2 Å². The lowest BCUT2D eigenvalue weighted by Crippen LogP contribution is -2.46. The van der Waals surface area contributed by atoms with E-state index in [9.17, 15) is 0 Å². The van der Waals surface area contributed by atoms with Gasteiger partial charge in [-0.2, -0.15) is 0 Å². The molecule has 1 aromatic carbocycles. The van der Waals surface area contributed by atoms with Gasteiger partial charge in [-0.3, -0.25) is 0 Å². The highest BCUT2D eigenvalue weighted by Crippen LogP contribution is 2.31. The van der Waals surface area contributed by atoms with Crippen LogP contribution in [0.2, 0.25) is 0 Å². The largest absolute Gasteiger partial charge is 0.349 e. The summed E-state index contributed by atoms with van der Waals surface area (Å²) >= 11 is 1.87. The number of nitrogens with zero attached hydrogens (tertiary/aromatic N) is 3. The minimum atomic E-state index is 1.06. The molecule has 0 amide bonds. The Morgan fingerprint density at radius 2 is 1.88 bits per heavy atom. The fraction of sp³-hybridized carbons (Fsp3) is 0.462. The summed E-state index contributed by atoms with van der Waals surface area (Å²) in [6, 6.07) is 8.45.